The predicted octanol–water partition coefficient (Wildman–Crippen LogP) is 3.70. The summed E-state index contributed by atoms with van der Waals surface area (Å²) in [7, 11) is 0. The maximum atomic E-state index is 12.3. The minimum Gasteiger partial charge on any atom is -0.463 e. The molecule has 6 nitrogen and oxygen atoms in total. The summed E-state index contributed by atoms with van der Waals surface area (Å²) in [5.41, 5.74) is 1.97. The number of amides is 1. The number of aliphatic imine (C=N–C) groups is 1. The number of thioether (sulfide) groups is 1. The van der Waals surface area contributed by atoms with Gasteiger partial charge < -0.3 is 9.47 Å². The van der Waals surface area contributed by atoms with Gasteiger partial charge in [0.2, 0.25) is 0 Å². The molecule has 0 spiro atoms. The molecule has 0 radical (unpaired) electrons. The number of rotatable bonds is 6. The lowest BCUT2D eigenvalue weighted by Gasteiger charge is -2.08. The van der Waals surface area contributed by atoms with Gasteiger partial charge in [-0.3, -0.25) is 4.79 Å². The number of benzene rings is 1. The van der Waals surface area contributed by atoms with Crippen LogP contribution >= 0.6 is 11.8 Å². The van der Waals surface area contributed by atoms with Crippen LogP contribution in [0.5, 0.6) is 0 Å². The molecule has 1 aromatic rings. The van der Waals surface area contributed by atoms with Crippen molar-refractivity contribution in [3.05, 3.63) is 51.9 Å². The average molecular weight is 373 g/mol. The zero-order valence-electron chi connectivity index (χ0n) is 14.8. The van der Waals surface area contributed by atoms with E-state index in [1.807, 2.05) is 31.2 Å². The molecule has 0 atom stereocenters. The fourth-order valence-corrected chi connectivity index (χ4v) is 2.92. The number of esters is 2. The molecular weight excluding hydrogens is 354 g/mol. The third-order valence-corrected chi connectivity index (χ3v) is 4.11. The fraction of sp³-hybridized carbons (Fsp3) is 0.263. The molecule has 7 heteroatoms. The normalized spacial score (nSPS) is 15.8. The van der Waals surface area contributed by atoms with E-state index in [0.717, 1.165) is 29.0 Å². The van der Waals surface area contributed by atoms with Crippen LogP contribution < -0.4 is 0 Å². The Morgan fingerprint density at radius 2 is 1.77 bits per heavy atom. The Balaban J connectivity index is 2.44. The molecule has 1 aliphatic heterocycles. The third kappa shape index (κ3) is 5.16. The summed E-state index contributed by atoms with van der Waals surface area (Å²) >= 11 is 0.895. The van der Waals surface area contributed by atoms with Crippen molar-refractivity contribution in [1.82, 2.24) is 0 Å². The van der Waals surface area contributed by atoms with Crippen LogP contribution in [-0.4, -0.2) is 36.1 Å². The van der Waals surface area contributed by atoms with Crippen LogP contribution in [0.3, 0.4) is 0 Å². The van der Waals surface area contributed by atoms with Crippen molar-refractivity contribution >= 4 is 40.7 Å². The largest absolute Gasteiger partial charge is 0.463 e. The fourth-order valence-electron chi connectivity index (χ4n) is 2.15. The van der Waals surface area contributed by atoms with E-state index >= 15 is 0 Å². The number of hydrogen-bond acceptors (Lipinski definition) is 6. The molecule has 0 aromatic heterocycles. The highest BCUT2D eigenvalue weighted by molar-refractivity contribution is 8.18. The summed E-state index contributed by atoms with van der Waals surface area (Å²) in [5, 5.41) is -0.461. The van der Waals surface area contributed by atoms with Crippen LogP contribution in [0.15, 0.2) is 45.8 Å². The Kier molecular flexibility index (Phi) is 6.91. The molecule has 0 saturated carbocycles. The first-order valence-electron chi connectivity index (χ1n) is 8.09. The molecular formula is C19H19NO5S. The van der Waals surface area contributed by atoms with Crippen molar-refractivity contribution in [1.29, 1.82) is 0 Å². The molecule has 1 amide bonds. The Morgan fingerprint density at radius 3 is 2.38 bits per heavy atom. The average Bonchev–Trinajstić information content (AvgIpc) is 2.95. The lowest BCUT2D eigenvalue weighted by molar-refractivity contribution is -0.140. The van der Waals surface area contributed by atoms with Crippen molar-refractivity contribution in [3.63, 3.8) is 0 Å². The molecule has 1 heterocycles. The van der Waals surface area contributed by atoms with Crippen molar-refractivity contribution in [2.45, 2.75) is 20.8 Å². The summed E-state index contributed by atoms with van der Waals surface area (Å²) in [6.07, 6.45) is 2.76. The van der Waals surface area contributed by atoms with Gasteiger partial charge in [0.05, 0.1) is 24.5 Å². The maximum Gasteiger partial charge on any atom is 0.340 e. The highest BCUT2D eigenvalue weighted by Gasteiger charge is 2.30. The van der Waals surface area contributed by atoms with E-state index in [1.165, 1.54) is 0 Å². The molecule has 0 fully saturated rings. The van der Waals surface area contributed by atoms with Gasteiger partial charge in [-0.05, 0) is 44.2 Å². The van der Waals surface area contributed by atoms with Crippen LogP contribution in [0.1, 0.15) is 25.0 Å². The first-order valence-corrected chi connectivity index (χ1v) is 8.91. The predicted molar refractivity (Wildman–Crippen MR) is 101 cm³/mol. The zero-order chi connectivity index (χ0) is 19.1. The van der Waals surface area contributed by atoms with E-state index in [9.17, 15) is 14.4 Å². The maximum absolute atomic E-state index is 12.3. The number of nitrogens with zero attached hydrogens (tertiary/aromatic N) is 1. The van der Waals surface area contributed by atoms with Gasteiger partial charge in [0.1, 0.15) is 0 Å². The van der Waals surface area contributed by atoms with Crippen molar-refractivity contribution in [2.75, 3.05) is 13.2 Å². The number of aryl methyl sites for hydroxylation is 1. The number of carbonyl (C=O) groups is 3. The molecule has 0 saturated heterocycles. The number of hydrogen-bond donors (Lipinski definition) is 0. The second-order valence-corrected chi connectivity index (χ2v) is 6.27. The molecule has 26 heavy (non-hydrogen) atoms. The van der Waals surface area contributed by atoms with E-state index in [-0.39, 0.29) is 24.5 Å². The monoisotopic (exact) mass is 373 g/mol. The van der Waals surface area contributed by atoms with Crippen molar-refractivity contribution in [2.24, 2.45) is 4.99 Å². The lowest BCUT2D eigenvalue weighted by Crippen LogP contribution is -2.18. The number of ether oxygens (including phenoxy) is 2. The highest BCUT2D eigenvalue weighted by atomic mass is 32.2. The zero-order valence-corrected chi connectivity index (χ0v) is 15.6. The van der Waals surface area contributed by atoms with Gasteiger partial charge in [-0.15, -0.1) is 0 Å². The lowest BCUT2D eigenvalue weighted by atomic mass is 10.1. The van der Waals surface area contributed by atoms with Crippen LogP contribution in [0, 0.1) is 6.92 Å². The van der Waals surface area contributed by atoms with Crippen molar-refractivity contribution in [3.8, 4) is 0 Å². The summed E-state index contributed by atoms with van der Waals surface area (Å²) < 4.78 is 9.87. The van der Waals surface area contributed by atoms with E-state index in [1.54, 1.807) is 19.9 Å². The van der Waals surface area contributed by atoms with Gasteiger partial charge in [0.25, 0.3) is 0 Å². The van der Waals surface area contributed by atoms with Crippen molar-refractivity contribution < 1.29 is 23.9 Å². The summed E-state index contributed by atoms with van der Waals surface area (Å²) in [6.45, 7) is 5.57. The topological polar surface area (TPSA) is 82.0 Å². The summed E-state index contributed by atoms with van der Waals surface area (Å²) in [4.78, 5) is 40.3. The Bertz CT molecular complexity index is 806. The summed E-state index contributed by atoms with van der Waals surface area (Å²) in [5.74, 6) is -1.43. The van der Waals surface area contributed by atoms with Gasteiger partial charge in [0.15, 0.2) is 0 Å². The molecule has 1 aromatic carbocycles. The molecule has 0 aliphatic carbocycles. The minimum atomic E-state index is -0.732. The quantitative estimate of drug-likeness (QED) is 0.559. The molecule has 136 valence electrons. The second-order valence-electron chi connectivity index (χ2n) is 5.28. The summed E-state index contributed by atoms with van der Waals surface area (Å²) in [6, 6.07) is 7.65. The Labute approximate surface area is 156 Å². The van der Waals surface area contributed by atoms with E-state index in [2.05, 4.69) is 4.99 Å². The van der Waals surface area contributed by atoms with E-state index in [4.69, 9.17) is 9.47 Å². The van der Waals surface area contributed by atoms with Crippen LogP contribution in [0.25, 0.3) is 6.08 Å². The van der Waals surface area contributed by atoms with E-state index in [0.29, 0.717) is 4.91 Å². The molecule has 0 N–H and O–H groups in total. The van der Waals surface area contributed by atoms with E-state index < -0.39 is 17.2 Å². The minimum absolute atomic E-state index is 0.0954. The third-order valence-electron chi connectivity index (χ3n) is 3.31. The first-order chi connectivity index (χ1) is 12.4. The number of carbonyl (C=O) groups excluding carboxylic acids is 3. The Morgan fingerprint density at radius 1 is 1.12 bits per heavy atom. The van der Waals surface area contributed by atoms with Gasteiger partial charge in [-0.25, -0.2) is 14.6 Å². The van der Waals surface area contributed by atoms with Gasteiger partial charge in [0, 0.05) is 11.0 Å². The van der Waals surface area contributed by atoms with Crippen LogP contribution in [-0.2, 0) is 19.1 Å². The highest BCUT2D eigenvalue weighted by Crippen LogP contribution is 2.32. The van der Waals surface area contributed by atoms with Gasteiger partial charge in [-0.2, -0.15) is 0 Å². The standard InChI is InChI=1S/C19H19NO5S/c1-4-24-16(21)11-14(18(22)25-5-2)17-15(26-19(23)20-17)10-13-8-6-12(3)7-9-13/h6-11H,4-5H2,1-3H3/b14-11+,15-10-. The molecule has 1 aliphatic rings. The van der Waals surface area contributed by atoms with Crippen LogP contribution in [0.2, 0.25) is 0 Å². The smallest absolute Gasteiger partial charge is 0.340 e. The first kappa shape index (κ1) is 19.7. The molecule has 0 bridgehead atoms. The van der Waals surface area contributed by atoms with Gasteiger partial charge >= 0.3 is 17.2 Å². The molecule has 0 unspecified atom stereocenters. The Hall–Kier alpha value is -2.67. The SMILES string of the molecule is CCOC(=O)/C=C(/C(=O)OCC)C1=NC(=O)S/C1=C\c1ccc(C)cc1. The van der Waals surface area contributed by atoms with Crippen LogP contribution in [0.4, 0.5) is 4.79 Å². The number of allylic oxidation sites excluding steroid dienone is 1. The second kappa shape index (κ2) is 9.15. The van der Waals surface area contributed by atoms with Gasteiger partial charge in [-0.1, -0.05) is 29.8 Å². The molecule has 2 rings (SSSR count).